The number of hydrogen-bond donors (Lipinski definition) is 2. The molecule has 0 bridgehead atoms. The van der Waals surface area contributed by atoms with E-state index in [2.05, 4.69) is 10.3 Å². The zero-order chi connectivity index (χ0) is 24.8. The van der Waals surface area contributed by atoms with Crippen molar-refractivity contribution in [1.29, 1.82) is 0 Å². The minimum absolute atomic E-state index is 0.0158. The third kappa shape index (κ3) is 5.61. The highest BCUT2D eigenvalue weighted by atomic mass is 19.1. The summed E-state index contributed by atoms with van der Waals surface area (Å²) in [6, 6.07) is 8.68. The van der Waals surface area contributed by atoms with E-state index in [4.69, 9.17) is 5.11 Å². The average molecular weight is 470 g/mol. The van der Waals surface area contributed by atoms with Gasteiger partial charge < -0.3 is 15.3 Å². The fourth-order valence-corrected chi connectivity index (χ4v) is 3.62. The normalized spacial score (nSPS) is 15.2. The summed E-state index contributed by atoms with van der Waals surface area (Å²) in [6.45, 7) is 0.183. The molecule has 11 heteroatoms. The second-order valence-electron chi connectivity index (χ2n) is 7.72. The zero-order valence-electron chi connectivity index (χ0n) is 18.4. The summed E-state index contributed by atoms with van der Waals surface area (Å²) >= 11 is 0. The molecule has 2 aromatic rings. The van der Waals surface area contributed by atoms with Crippen LogP contribution in [0.25, 0.3) is 0 Å². The number of fused-ring (bicyclic) bond motifs is 1. The van der Waals surface area contributed by atoms with Gasteiger partial charge in [0.2, 0.25) is 5.91 Å². The largest absolute Gasteiger partial charge is 0.481 e. The molecule has 0 unspecified atom stereocenters. The molecule has 10 nitrogen and oxygen atoms in total. The van der Waals surface area contributed by atoms with Gasteiger partial charge in [0, 0.05) is 49.7 Å². The number of nitro benzene ring substituents is 1. The van der Waals surface area contributed by atoms with Crippen molar-refractivity contribution in [3.05, 3.63) is 69.5 Å². The van der Waals surface area contributed by atoms with Crippen molar-refractivity contribution in [3.63, 3.8) is 0 Å². The molecule has 2 aromatic carbocycles. The minimum atomic E-state index is -1.03. The number of aliphatic imine (C=N–C) groups is 1. The van der Waals surface area contributed by atoms with Gasteiger partial charge >= 0.3 is 5.97 Å². The van der Waals surface area contributed by atoms with Crippen LogP contribution in [0.4, 0.5) is 15.8 Å². The van der Waals surface area contributed by atoms with E-state index >= 15 is 0 Å². The van der Waals surface area contributed by atoms with Crippen molar-refractivity contribution < 1.29 is 28.8 Å². The molecule has 2 N–H and O–H groups in total. The summed E-state index contributed by atoms with van der Waals surface area (Å²) < 4.78 is 14.7. The fraction of sp³-hybridized carbons (Fsp3) is 0.304. The van der Waals surface area contributed by atoms with Crippen LogP contribution in [0.15, 0.2) is 47.5 Å². The average Bonchev–Trinajstić information content (AvgIpc) is 2.90. The molecule has 1 atom stereocenters. The molecule has 2 amide bonds. The highest BCUT2D eigenvalue weighted by Gasteiger charge is 2.32. The van der Waals surface area contributed by atoms with E-state index in [1.54, 1.807) is 6.07 Å². The highest BCUT2D eigenvalue weighted by Crippen LogP contribution is 2.32. The molecule has 0 saturated carbocycles. The van der Waals surface area contributed by atoms with E-state index in [0.29, 0.717) is 5.69 Å². The Balaban J connectivity index is 1.93. The predicted molar refractivity (Wildman–Crippen MR) is 121 cm³/mol. The van der Waals surface area contributed by atoms with Gasteiger partial charge in [0.05, 0.1) is 16.3 Å². The van der Waals surface area contributed by atoms with Gasteiger partial charge in [-0.2, -0.15) is 0 Å². The number of carboxylic acids is 1. The lowest BCUT2D eigenvalue weighted by atomic mass is 9.99. The Kier molecular flexibility index (Phi) is 7.67. The third-order valence-corrected chi connectivity index (χ3v) is 5.37. The van der Waals surface area contributed by atoms with Crippen molar-refractivity contribution >= 4 is 34.9 Å². The van der Waals surface area contributed by atoms with E-state index < -0.39 is 28.7 Å². The number of nitrogens with one attached hydrogen (secondary N) is 1. The lowest BCUT2D eigenvalue weighted by molar-refractivity contribution is -0.384. The number of benzodiazepines with no additional fused rings is 1. The van der Waals surface area contributed by atoms with Gasteiger partial charge in [0.25, 0.3) is 11.6 Å². The van der Waals surface area contributed by atoms with Crippen LogP contribution in [0.1, 0.15) is 36.8 Å². The van der Waals surface area contributed by atoms with Gasteiger partial charge in [-0.1, -0.05) is 12.1 Å². The maximum Gasteiger partial charge on any atom is 0.303 e. The molecule has 0 aromatic heterocycles. The summed E-state index contributed by atoms with van der Waals surface area (Å²) in [4.78, 5) is 52.4. The molecule has 0 radical (unpaired) electrons. The Morgan fingerprint density at radius 2 is 1.94 bits per heavy atom. The van der Waals surface area contributed by atoms with E-state index in [1.165, 1.54) is 48.3 Å². The first-order valence-electron chi connectivity index (χ1n) is 10.6. The first kappa shape index (κ1) is 24.5. The number of carbonyl (C=O) groups is 3. The molecule has 178 valence electrons. The number of halogens is 1. The van der Waals surface area contributed by atoms with Crippen LogP contribution in [0, 0.1) is 15.9 Å². The van der Waals surface area contributed by atoms with Crippen molar-refractivity contribution in [2.75, 3.05) is 18.5 Å². The van der Waals surface area contributed by atoms with E-state index in [1.807, 2.05) is 0 Å². The second kappa shape index (κ2) is 10.6. The summed E-state index contributed by atoms with van der Waals surface area (Å²) in [5.74, 6) is -2.39. The molecule has 0 saturated heterocycles. The second-order valence-corrected chi connectivity index (χ2v) is 7.72. The Morgan fingerprint density at radius 1 is 1.21 bits per heavy atom. The summed E-state index contributed by atoms with van der Waals surface area (Å²) in [5.41, 5.74) is 0.494. The Hall–Kier alpha value is -4.15. The van der Waals surface area contributed by atoms with Crippen LogP contribution in [0.2, 0.25) is 0 Å². The number of carbonyl (C=O) groups excluding carboxylic acids is 2. The van der Waals surface area contributed by atoms with Crippen LogP contribution < -0.4 is 10.2 Å². The number of non-ortho nitro benzene ring substituents is 1. The maximum atomic E-state index is 14.7. The minimum Gasteiger partial charge on any atom is -0.481 e. The molecule has 0 fully saturated rings. The van der Waals surface area contributed by atoms with Gasteiger partial charge in [-0.25, -0.2) is 4.39 Å². The molecule has 3 rings (SSSR count). The van der Waals surface area contributed by atoms with Gasteiger partial charge in [0.1, 0.15) is 11.9 Å². The third-order valence-electron chi connectivity index (χ3n) is 5.37. The number of benzene rings is 2. The lowest BCUT2D eigenvalue weighted by Crippen LogP contribution is -2.36. The van der Waals surface area contributed by atoms with Crippen LogP contribution >= 0.6 is 0 Å². The van der Waals surface area contributed by atoms with E-state index in [0.717, 1.165) is 0 Å². The highest BCUT2D eigenvalue weighted by molar-refractivity contribution is 6.20. The number of amides is 2. The summed E-state index contributed by atoms with van der Waals surface area (Å²) in [6.07, 6.45) is 0.145. The van der Waals surface area contributed by atoms with Gasteiger partial charge in [-0.3, -0.25) is 29.5 Å². The molecular weight excluding hydrogens is 447 g/mol. The fourth-order valence-electron chi connectivity index (χ4n) is 3.62. The van der Waals surface area contributed by atoms with Crippen LogP contribution in [0.5, 0.6) is 0 Å². The molecule has 0 aliphatic carbocycles. The number of nitrogens with zero attached hydrogens (tertiary/aromatic N) is 3. The molecule has 1 aliphatic rings. The van der Waals surface area contributed by atoms with Crippen LogP contribution in [-0.4, -0.2) is 53.2 Å². The first-order chi connectivity index (χ1) is 16.2. The molecule has 1 aliphatic heterocycles. The number of carboxylic acid groups (broad SMARTS) is 1. The first-order valence-corrected chi connectivity index (χ1v) is 10.6. The lowest BCUT2D eigenvalue weighted by Gasteiger charge is -2.20. The number of anilines is 1. The van der Waals surface area contributed by atoms with Crippen molar-refractivity contribution in [2.45, 2.75) is 31.7 Å². The van der Waals surface area contributed by atoms with Crippen molar-refractivity contribution in [3.8, 4) is 0 Å². The monoisotopic (exact) mass is 470 g/mol. The quantitative estimate of drug-likeness (QED) is 0.328. The van der Waals surface area contributed by atoms with Crippen molar-refractivity contribution in [2.24, 2.45) is 4.99 Å². The van der Waals surface area contributed by atoms with Gasteiger partial charge in [-0.15, -0.1) is 0 Å². The van der Waals surface area contributed by atoms with Gasteiger partial charge in [-0.05, 0) is 31.0 Å². The van der Waals surface area contributed by atoms with Crippen LogP contribution in [-0.2, 0) is 14.4 Å². The predicted octanol–water partition coefficient (Wildman–Crippen LogP) is 2.68. The number of nitro groups is 1. The van der Waals surface area contributed by atoms with Crippen LogP contribution in [0.3, 0.4) is 0 Å². The summed E-state index contributed by atoms with van der Waals surface area (Å²) in [5, 5.41) is 22.6. The zero-order valence-corrected chi connectivity index (χ0v) is 18.4. The Labute approximate surface area is 194 Å². The molecule has 0 spiro atoms. The Morgan fingerprint density at radius 3 is 2.62 bits per heavy atom. The Bertz CT molecular complexity index is 1170. The molecule has 1 heterocycles. The summed E-state index contributed by atoms with van der Waals surface area (Å²) in [7, 11) is 1.49. The smallest absolute Gasteiger partial charge is 0.303 e. The molecule has 34 heavy (non-hydrogen) atoms. The van der Waals surface area contributed by atoms with Gasteiger partial charge in [0.15, 0.2) is 0 Å². The number of hydrogen-bond acceptors (Lipinski definition) is 6. The van der Waals surface area contributed by atoms with E-state index in [-0.39, 0.29) is 60.7 Å². The maximum absolute atomic E-state index is 14.7. The number of aliphatic carboxylic acids is 1. The SMILES string of the molecule is CN1C(=O)[C@H](CCC(=O)NCCCC(=O)O)N=C(c2ccccc2F)c2cc([N+](=O)[O-])ccc21. The van der Waals surface area contributed by atoms with E-state index in [9.17, 15) is 28.9 Å². The number of likely N-dealkylation sites (N-methyl/N-ethyl adjacent to an activating group) is 1. The standard InChI is InChI=1S/C23H23FN4O6/c1-27-19-10-8-14(28(33)34)13-16(19)22(15-5-2-3-6-17(15)24)26-18(23(27)32)9-11-20(29)25-12-4-7-21(30)31/h2-3,5-6,8,10,13,18H,4,7,9,11-12H2,1H3,(H,25,29)(H,30,31)/t18-/m0/s1. The van der Waals surface area contributed by atoms with Crippen molar-refractivity contribution in [1.82, 2.24) is 5.32 Å². The number of rotatable bonds is 9. The molecular formula is C23H23FN4O6. The topological polar surface area (TPSA) is 142 Å².